The molecule has 1 aliphatic heterocycles. The molecule has 1 unspecified atom stereocenters. The summed E-state index contributed by atoms with van der Waals surface area (Å²) < 4.78 is 7.74. The zero-order valence-corrected chi connectivity index (χ0v) is 17.2. The molecule has 30 heavy (non-hydrogen) atoms. The number of β-amino-alcohol motifs (C(OH)–C–C–N with tert-alkyl or cyclic N) is 1. The topological polar surface area (TPSA) is 93.6 Å². The maximum Gasteiger partial charge on any atom is 0.220 e. The van der Waals surface area contributed by atoms with Crippen molar-refractivity contribution in [1.29, 1.82) is 0 Å². The van der Waals surface area contributed by atoms with Crippen LogP contribution in [0.25, 0.3) is 22.0 Å². The van der Waals surface area contributed by atoms with Gasteiger partial charge >= 0.3 is 0 Å². The number of carbonyl (C=O) groups is 1. The minimum absolute atomic E-state index is 0.0442. The molecule has 1 saturated heterocycles. The van der Waals surface area contributed by atoms with Gasteiger partial charge in [0.1, 0.15) is 18.5 Å². The molecular weight excluding hydrogens is 380 g/mol. The summed E-state index contributed by atoms with van der Waals surface area (Å²) in [4.78, 5) is 13.5. The van der Waals surface area contributed by atoms with Crippen LogP contribution < -0.4 is 10.5 Å². The van der Waals surface area contributed by atoms with Crippen LogP contribution in [0.5, 0.6) is 5.75 Å². The van der Waals surface area contributed by atoms with Crippen molar-refractivity contribution in [1.82, 2.24) is 14.7 Å². The number of primary amides is 1. The van der Waals surface area contributed by atoms with Crippen LogP contribution in [-0.2, 0) is 11.8 Å². The van der Waals surface area contributed by atoms with E-state index in [4.69, 9.17) is 10.5 Å². The molecule has 2 aromatic carbocycles. The Bertz CT molecular complexity index is 1020. The summed E-state index contributed by atoms with van der Waals surface area (Å²) >= 11 is 0. The number of carbonyl (C=O) groups excluding carboxylic acids is 1. The number of aryl methyl sites for hydroxylation is 1. The predicted molar refractivity (Wildman–Crippen MR) is 116 cm³/mol. The molecule has 1 amide bonds. The zero-order valence-electron chi connectivity index (χ0n) is 17.2. The summed E-state index contributed by atoms with van der Waals surface area (Å²) in [5.41, 5.74) is 7.28. The fraction of sp³-hybridized carbons (Fsp3) is 0.391. The lowest BCUT2D eigenvalue weighted by molar-refractivity contribution is -0.123. The SMILES string of the molecule is Cn1ccc(-c2cc(OCC(O)CN3CCC(C(N)=O)CC3)cc3ccccc23)n1. The normalized spacial score (nSPS) is 16.6. The molecule has 0 aliphatic carbocycles. The highest BCUT2D eigenvalue weighted by molar-refractivity contribution is 5.97. The van der Waals surface area contributed by atoms with E-state index in [2.05, 4.69) is 16.1 Å². The second kappa shape index (κ2) is 8.85. The molecule has 1 atom stereocenters. The molecule has 7 heteroatoms. The van der Waals surface area contributed by atoms with Gasteiger partial charge in [0.05, 0.1) is 5.69 Å². The van der Waals surface area contributed by atoms with Crippen molar-refractivity contribution in [2.75, 3.05) is 26.2 Å². The van der Waals surface area contributed by atoms with Gasteiger partial charge in [-0.25, -0.2) is 0 Å². The highest BCUT2D eigenvalue weighted by Gasteiger charge is 2.24. The molecule has 158 valence electrons. The van der Waals surface area contributed by atoms with Gasteiger partial charge in [0.2, 0.25) is 5.91 Å². The van der Waals surface area contributed by atoms with E-state index in [0.717, 1.165) is 48.0 Å². The van der Waals surface area contributed by atoms with Crippen molar-refractivity contribution >= 4 is 16.7 Å². The Morgan fingerprint density at radius 2 is 2.03 bits per heavy atom. The number of nitrogens with zero attached hydrogens (tertiary/aromatic N) is 3. The van der Waals surface area contributed by atoms with Gasteiger partial charge in [0, 0.05) is 31.3 Å². The Balaban J connectivity index is 1.42. The minimum Gasteiger partial charge on any atom is -0.491 e. The van der Waals surface area contributed by atoms with Gasteiger partial charge in [0.25, 0.3) is 0 Å². The molecule has 7 nitrogen and oxygen atoms in total. The Morgan fingerprint density at radius 1 is 1.27 bits per heavy atom. The van der Waals surface area contributed by atoms with Gasteiger partial charge in [-0.05, 0) is 54.9 Å². The van der Waals surface area contributed by atoms with E-state index in [0.29, 0.717) is 12.3 Å². The summed E-state index contributed by atoms with van der Waals surface area (Å²) in [6, 6.07) is 14.1. The van der Waals surface area contributed by atoms with Crippen molar-refractivity contribution in [3.8, 4) is 17.0 Å². The number of hydrogen-bond donors (Lipinski definition) is 2. The largest absolute Gasteiger partial charge is 0.491 e. The number of likely N-dealkylation sites (tertiary alicyclic amines) is 1. The van der Waals surface area contributed by atoms with Crippen LogP contribution in [0.4, 0.5) is 0 Å². The lowest BCUT2D eigenvalue weighted by Crippen LogP contribution is -2.43. The summed E-state index contributed by atoms with van der Waals surface area (Å²) in [6.07, 6.45) is 2.81. The predicted octanol–water partition coefficient (Wildman–Crippen LogP) is 2.18. The number of rotatable bonds is 7. The lowest BCUT2D eigenvalue weighted by atomic mass is 9.96. The first-order valence-corrected chi connectivity index (χ1v) is 10.3. The summed E-state index contributed by atoms with van der Waals surface area (Å²) in [7, 11) is 1.90. The summed E-state index contributed by atoms with van der Waals surface area (Å²) in [6.45, 7) is 2.26. The molecule has 3 aromatic rings. The number of ether oxygens (including phenoxy) is 1. The maximum absolute atomic E-state index is 11.3. The van der Waals surface area contributed by atoms with Crippen LogP contribution in [0.2, 0.25) is 0 Å². The third-order valence-corrected chi connectivity index (χ3v) is 5.73. The molecule has 4 rings (SSSR count). The molecule has 2 heterocycles. The molecule has 0 radical (unpaired) electrons. The van der Waals surface area contributed by atoms with Gasteiger partial charge in [-0.2, -0.15) is 5.10 Å². The van der Waals surface area contributed by atoms with Gasteiger partial charge in [-0.15, -0.1) is 0 Å². The van der Waals surface area contributed by atoms with Gasteiger partial charge in [0.15, 0.2) is 0 Å². The van der Waals surface area contributed by atoms with Crippen molar-refractivity contribution < 1.29 is 14.6 Å². The Hall–Kier alpha value is -2.90. The lowest BCUT2D eigenvalue weighted by Gasteiger charge is -2.31. The third-order valence-electron chi connectivity index (χ3n) is 5.73. The van der Waals surface area contributed by atoms with Crippen LogP contribution in [0.15, 0.2) is 48.7 Å². The van der Waals surface area contributed by atoms with E-state index in [1.807, 2.05) is 49.6 Å². The van der Waals surface area contributed by atoms with E-state index < -0.39 is 6.10 Å². The Labute approximate surface area is 176 Å². The van der Waals surface area contributed by atoms with Crippen LogP contribution in [0, 0.1) is 5.92 Å². The standard InChI is InChI=1S/C23H28N4O3/c1-26-9-8-22(25-26)21-13-19(12-17-4-2-3-5-20(17)21)30-15-18(28)14-27-10-6-16(7-11-27)23(24)29/h2-5,8-9,12-13,16,18,28H,6-7,10-11,14-15H2,1H3,(H2,24,29). The Morgan fingerprint density at radius 3 is 2.73 bits per heavy atom. The molecule has 0 spiro atoms. The van der Waals surface area contributed by atoms with E-state index >= 15 is 0 Å². The fourth-order valence-electron chi connectivity index (χ4n) is 4.08. The van der Waals surface area contributed by atoms with Crippen molar-refractivity contribution in [2.24, 2.45) is 18.7 Å². The first-order chi connectivity index (χ1) is 14.5. The number of fused-ring (bicyclic) bond motifs is 1. The van der Waals surface area contributed by atoms with Crippen LogP contribution in [0.3, 0.4) is 0 Å². The number of hydrogen-bond acceptors (Lipinski definition) is 5. The van der Waals surface area contributed by atoms with Crippen LogP contribution in [-0.4, -0.2) is 58.0 Å². The number of piperidine rings is 1. The molecule has 0 saturated carbocycles. The number of aliphatic hydroxyl groups excluding tert-OH is 1. The van der Waals surface area contributed by atoms with Gasteiger partial charge in [-0.3, -0.25) is 9.48 Å². The number of amides is 1. The maximum atomic E-state index is 11.3. The van der Waals surface area contributed by atoms with Crippen LogP contribution in [0.1, 0.15) is 12.8 Å². The van der Waals surface area contributed by atoms with Crippen molar-refractivity contribution in [3.05, 3.63) is 48.7 Å². The molecule has 3 N–H and O–H groups in total. The highest BCUT2D eigenvalue weighted by atomic mass is 16.5. The molecule has 1 fully saturated rings. The second-order valence-electron chi connectivity index (χ2n) is 8.01. The fourth-order valence-corrected chi connectivity index (χ4v) is 4.08. The Kier molecular flexibility index (Phi) is 6.01. The number of aromatic nitrogens is 2. The van der Waals surface area contributed by atoms with Crippen LogP contribution >= 0.6 is 0 Å². The van der Waals surface area contributed by atoms with E-state index in [-0.39, 0.29) is 18.4 Å². The van der Waals surface area contributed by atoms with Crippen molar-refractivity contribution in [3.63, 3.8) is 0 Å². The van der Waals surface area contributed by atoms with E-state index in [1.54, 1.807) is 4.68 Å². The number of benzene rings is 2. The molecule has 0 bridgehead atoms. The molecular formula is C23H28N4O3. The minimum atomic E-state index is -0.611. The van der Waals surface area contributed by atoms with E-state index in [9.17, 15) is 9.90 Å². The number of nitrogens with two attached hydrogens (primary N) is 1. The number of aliphatic hydroxyl groups is 1. The molecule has 1 aliphatic rings. The first-order valence-electron chi connectivity index (χ1n) is 10.3. The molecule has 1 aromatic heterocycles. The average molecular weight is 409 g/mol. The zero-order chi connectivity index (χ0) is 21.1. The third kappa shape index (κ3) is 4.63. The van der Waals surface area contributed by atoms with Gasteiger partial charge < -0.3 is 20.5 Å². The first kappa shape index (κ1) is 20.4. The highest BCUT2D eigenvalue weighted by Crippen LogP contribution is 2.32. The summed E-state index contributed by atoms with van der Waals surface area (Å²) in [5.74, 6) is 0.441. The summed E-state index contributed by atoms with van der Waals surface area (Å²) in [5, 5.41) is 17.2. The smallest absolute Gasteiger partial charge is 0.220 e. The average Bonchev–Trinajstić information content (AvgIpc) is 3.18. The second-order valence-corrected chi connectivity index (χ2v) is 8.01. The monoisotopic (exact) mass is 408 g/mol. The van der Waals surface area contributed by atoms with Crippen molar-refractivity contribution in [2.45, 2.75) is 18.9 Å². The van der Waals surface area contributed by atoms with E-state index in [1.165, 1.54) is 0 Å². The van der Waals surface area contributed by atoms with Gasteiger partial charge in [-0.1, -0.05) is 24.3 Å². The quantitative estimate of drug-likeness (QED) is 0.625.